The number of rotatable bonds is 0. The Bertz CT molecular complexity index is 512. The summed E-state index contributed by atoms with van der Waals surface area (Å²) in [6.07, 6.45) is 0. The quantitative estimate of drug-likeness (QED) is 0.627. The molecule has 0 bridgehead atoms. The number of fused-ring (bicyclic) bond motifs is 2. The van der Waals surface area contributed by atoms with Crippen molar-refractivity contribution in [1.82, 2.24) is 0 Å². The van der Waals surface area contributed by atoms with Crippen molar-refractivity contribution in [2.24, 2.45) is 0 Å². The van der Waals surface area contributed by atoms with E-state index in [0.717, 1.165) is 0 Å². The molecule has 0 aromatic heterocycles. The number of hydrogen-bond donors (Lipinski definition) is 0. The van der Waals surface area contributed by atoms with Crippen LogP contribution in [0.4, 0.5) is 0 Å². The fraction of sp³-hybridized carbons (Fsp3) is 0. The maximum absolute atomic E-state index is 12.1. The van der Waals surface area contributed by atoms with Crippen molar-refractivity contribution in [2.45, 2.75) is 0 Å². The third kappa shape index (κ3) is 1.64. The summed E-state index contributed by atoms with van der Waals surface area (Å²) in [5.74, 6) is -0.128. The molecule has 2 nitrogen and oxygen atoms in total. The summed E-state index contributed by atoms with van der Waals surface area (Å²) >= 11 is 0. The van der Waals surface area contributed by atoms with Gasteiger partial charge in [0, 0.05) is 22.3 Å². The van der Waals surface area contributed by atoms with E-state index in [1.165, 1.54) is 0 Å². The number of ketones is 2. The van der Waals surface area contributed by atoms with Crippen LogP contribution in [0.25, 0.3) is 0 Å². The summed E-state index contributed by atoms with van der Waals surface area (Å²) < 4.78 is 0. The van der Waals surface area contributed by atoms with Crippen LogP contribution in [0.5, 0.6) is 0 Å². The molecule has 0 heterocycles. The number of carbonyl (C=O) groups excluding carboxylic acids is 2. The second kappa shape index (κ2) is 4.28. The van der Waals surface area contributed by atoms with Gasteiger partial charge in [-0.2, -0.15) is 0 Å². The Kier molecular flexibility index (Phi) is 2.96. The minimum absolute atomic E-state index is 0. The van der Waals surface area contributed by atoms with Crippen molar-refractivity contribution in [3.63, 3.8) is 0 Å². The van der Waals surface area contributed by atoms with Gasteiger partial charge in [-0.25, -0.2) is 0 Å². The summed E-state index contributed by atoms with van der Waals surface area (Å²) in [5.41, 5.74) is 2.02. The molecule has 0 saturated carbocycles. The first-order chi connectivity index (χ1) is 7.79. The van der Waals surface area contributed by atoms with Crippen LogP contribution in [0.2, 0.25) is 0 Å². The molecular formula is C14H8CoO2+2. The Labute approximate surface area is 109 Å². The Morgan fingerprint density at radius 2 is 0.765 bits per heavy atom. The first-order valence-electron chi connectivity index (χ1n) is 5.06. The molecule has 1 aliphatic carbocycles. The van der Waals surface area contributed by atoms with Gasteiger partial charge < -0.3 is 0 Å². The van der Waals surface area contributed by atoms with Crippen molar-refractivity contribution >= 4 is 11.6 Å². The summed E-state index contributed by atoms with van der Waals surface area (Å²) in [4.78, 5) is 24.2. The molecule has 0 N–H and O–H groups in total. The maximum Gasteiger partial charge on any atom is 2.00 e. The van der Waals surface area contributed by atoms with Gasteiger partial charge in [-0.1, -0.05) is 48.5 Å². The summed E-state index contributed by atoms with van der Waals surface area (Å²) in [7, 11) is 0. The topological polar surface area (TPSA) is 34.1 Å². The van der Waals surface area contributed by atoms with E-state index in [1.54, 1.807) is 48.5 Å². The molecule has 3 rings (SSSR count). The van der Waals surface area contributed by atoms with Gasteiger partial charge in [-0.3, -0.25) is 9.59 Å². The Morgan fingerprint density at radius 3 is 1.00 bits per heavy atom. The molecule has 3 heteroatoms. The first kappa shape index (κ1) is 11.8. The second-order valence-corrected chi connectivity index (χ2v) is 3.75. The van der Waals surface area contributed by atoms with E-state index in [4.69, 9.17) is 0 Å². The minimum Gasteiger partial charge on any atom is -0.289 e. The molecule has 17 heavy (non-hydrogen) atoms. The predicted molar refractivity (Wildman–Crippen MR) is 59.7 cm³/mol. The number of hydrogen-bond acceptors (Lipinski definition) is 2. The summed E-state index contributed by atoms with van der Waals surface area (Å²) in [5, 5.41) is 0. The molecule has 2 aromatic rings. The van der Waals surface area contributed by atoms with Crippen LogP contribution in [0, 0.1) is 0 Å². The molecule has 0 atom stereocenters. The van der Waals surface area contributed by atoms with Gasteiger partial charge >= 0.3 is 16.8 Å². The van der Waals surface area contributed by atoms with Crippen LogP contribution in [-0.2, 0) is 16.8 Å². The fourth-order valence-corrected chi connectivity index (χ4v) is 2.05. The van der Waals surface area contributed by atoms with Crippen LogP contribution < -0.4 is 0 Å². The molecule has 0 unspecified atom stereocenters. The van der Waals surface area contributed by atoms with Crippen LogP contribution in [0.3, 0.4) is 0 Å². The standard InChI is InChI=1S/C14H8O2.Co/c15-13-9-5-1-2-6-10(9)14(16)12-8-4-3-7-11(12)13;/h1-8H;/q;+2. The minimum atomic E-state index is -0.0641. The van der Waals surface area contributed by atoms with Crippen LogP contribution in [0.15, 0.2) is 48.5 Å². The third-order valence-electron chi connectivity index (χ3n) is 2.83. The smallest absolute Gasteiger partial charge is 0.289 e. The van der Waals surface area contributed by atoms with Crippen molar-refractivity contribution in [1.29, 1.82) is 0 Å². The largest absolute Gasteiger partial charge is 2.00 e. The Hall–Kier alpha value is -1.71. The molecule has 0 saturated heterocycles. The average molecular weight is 267 g/mol. The van der Waals surface area contributed by atoms with E-state index in [2.05, 4.69) is 0 Å². The van der Waals surface area contributed by atoms with E-state index in [1.807, 2.05) is 0 Å². The van der Waals surface area contributed by atoms with Gasteiger partial charge in [0.2, 0.25) is 0 Å². The Morgan fingerprint density at radius 1 is 0.529 bits per heavy atom. The van der Waals surface area contributed by atoms with Gasteiger partial charge in [0.05, 0.1) is 0 Å². The van der Waals surface area contributed by atoms with E-state index in [-0.39, 0.29) is 28.3 Å². The maximum atomic E-state index is 12.1. The summed E-state index contributed by atoms with van der Waals surface area (Å²) in [6, 6.07) is 13.9. The second-order valence-electron chi connectivity index (χ2n) is 3.75. The van der Waals surface area contributed by atoms with Crippen LogP contribution in [0.1, 0.15) is 31.8 Å². The SMILES string of the molecule is O=C1c2ccccc2C(=O)c2ccccc21.[Co+2]. The van der Waals surface area contributed by atoms with Crippen molar-refractivity contribution in [3.8, 4) is 0 Å². The van der Waals surface area contributed by atoms with E-state index in [9.17, 15) is 9.59 Å². The van der Waals surface area contributed by atoms with Gasteiger partial charge in [0.15, 0.2) is 11.6 Å². The zero-order valence-corrected chi connectivity index (χ0v) is 9.81. The third-order valence-corrected chi connectivity index (χ3v) is 2.83. The van der Waals surface area contributed by atoms with Crippen molar-refractivity contribution in [3.05, 3.63) is 70.8 Å². The number of benzene rings is 2. The molecular weight excluding hydrogens is 259 g/mol. The normalized spacial score (nSPS) is 12.5. The van der Waals surface area contributed by atoms with Crippen LogP contribution in [-0.4, -0.2) is 11.6 Å². The van der Waals surface area contributed by atoms with Gasteiger partial charge in [-0.05, 0) is 0 Å². The molecule has 0 fully saturated rings. The fourth-order valence-electron chi connectivity index (χ4n) is 2.05. The predicted octanol–water partition coefficient (Wildman–Crippen LogP) is 2.46. The molecule has 1 aliphatic rings. The molecule has 2 aromatic carbocycles. The average Bonchev–Trinajstić information content (AvgIpc) is 2.36. The van der Waals surface area contributed by atoms with E-state index in [0.29, 0.717) is 22.3 Å². The molecule has 0 spiro atoms. The van der Waals surface area contributed by atoms with Crippen LogP contribution >= 0.6 is 0 Å². The van der Waals surface area contributed by atoms with Crippen molar-refractivity contribution < 1.29 is 26.4 Å². The van der Waals surface area contributed by atoms with E-state index >= 15 is 0 Å². The zero-order valence-electron chi connectivity index (χ0n) is 8.77. The summed E-state index contributed by atoms with van der Waals surface area (Å²) in [6.45, 7) is 0. The van der Waals surface area contributed by atoms with Crippen molar-refractivity contribution in [2.75, 3.05) is 0 Å². The molecule has 1 radical (unpaired) electrons. The molecule has 0 amide bonds. The van der Waals surface area contributed by atoms with Gasteiger partial charge in [0.1, 0.15) is 0 Å². The monoisotopic (exact) mass is 267 g/mol. The van der Waals surface area contributed by atoms with E-state index < -0.39 is 0 Å². The van der Waals surface area contributed by atoms with Gasteiger partial charge in [-0.15, -0.1) is 0 Å². The molecule has 83 valence electrons. The number of carbonyl (C=O) groups is 2. The molecule has 0 aliphatic heterocycles. The zero-order chi connectivity index (χ0) is 11.1. The Balaban J connectivity index is 0.00000108. The first-order valence-corrected chi connectivity index (χ1v) is 5.06. The van der Waals surface area contributed by atoms with Gasteiger partial charge in [0.25, 0.3) is 0 Å².